The van der Waals surface area contributed by atoms with Crippen LogP contribution in [0.15, 0.2) is 16.5 Å². The third kappa shape index (κ3) is 3.65. The summed E-state index contributed by atoms with van der Waals surface area (Å²) < 4.78 is 5.75. The predicted octanol–water partition coefficient (Wildman–Crippen LogP) is 2.23. The van der Waals surface area contributed by atoms with Gasteiger partial charge in [-0.3, -0.25) is 4.90 Å². The molecule has 1 aromatic heterocycles. The average molecular weight is 222 g/mol. The number of nitrogens with zero attached hydrogens (tertiary/aromatic N) is 1. The van der Waals surface area contributed by atoms with Crippen LogP contribution in [0.5, 0.6) is 0 Å². The van der Waals surface area contributed by atoms with Crippen molar-refractivity contribution in [2.45, 2.75) is 32.9 Å². The van der Waals surface area contributed by atoms with E-state index in [-0.39, 0.29) is 0 Å². The molecule has 0 saturated heterocycles. The lowest BCUT2D eigenvalue weighted by Crippen LogP contribution is -2.20. The van der Waals surface area contributed by atoms with Crippen LogP contribution in [-0.4, -0.2) is 25.0 Å². The number of hydrogen-bond donors (Lipinski definition) is 1. The summed E-state index contributed by atoms with van der Waals surface area (Å²) in [4.78, 5) is 2.35. The Morgan fingerprint density at radius 2 is 2.12 bits per heavy atom. The molecular weight excluding hydrogens is 200 g/mol. The zero-order chi connectivity index (χ0) is 11.4. The lowest BCUT2D eigenvalue weighted by molar-refractivity contribution is 0.279. The Bertz CT molecular complexity index is 317. The van der Waals surface area contributed by atoms with E-state index in [1.54, 1.807) is 0 Å². The van der Waals surface area contributed by atoms with E-state index in [0.717, 1.165) is 37.1 Å². The van der Waals surface area contributed by atoms with Gasteiger partial charge in [-0.1, -0.05) is 6.92 Å². The van der Waals surface area contributed by atoms with Crippen LogP contribution < -0.4 is 5.32 Å². The molecule has 1 saturated carbocycles. The van der Waals surface area contributed by atoms with Gasteiger partial charge in [0.05, 0.1) is 13.1 Å². The van der Waals surface area contributed by atoms with Crippen molar-refractivity contribution >= 4 is 0 Å². The van der Waals surface area contributed by atoms with Crippen LogP contribution >= 0.6 is 0 Å². The van der Waals surface area contributed by atoms with Gasteiger partial charge in [0, 0.05) is 6.54 Å². The summed E-state index contributed by atoms with van der Waals surface area (Å²) >= 11 is 0. The summed E-state index contributed by atoms with van der Waals surface area (Å²) in [5.74, 6) is 3.06. The SMILES string of the molecule is CCNCc1ccc(CN(C)CC2CC2)o1. The molecule has 0 atom stereocenters. The van der Waals surface area contributed by atoms with Crippen molar-refractivity contribution in [3.63, 3.8) is 0 Å². The third-order valence-corrected chi connectivity index (χ3v) is 2.96. The van der Waals surface area contributed by atoms with E-state index in [2.05, 4.69) is 36.3 Å². The second kappa shape index (κ2) is 5.51. The van der Waals surface area contributed by atoms with Gasteiger partial charge < -0.3 is 9.73 Å². The lowest BCUT2D eigenvalue weighted by atomic mass is 10.3. The Morgan fingerprint density at radius 3 is 2.81 bits per heavy atom. The van der Waals surface area contributed by atoms with Crippen molar-refractivity contribution in [1.29, 1.82) is 0 Å². The first kappa shape index (κ1) is 11.7. The Hall–Kier alpha value is -0.800. The molecular formula is C13H22N2O. The molecule has 0 amide bonds. The summed E-state index contributed by atoms with van der Waals surface area (Å²) in [5.41, 5.74) is 0. The summed E-state index contributed by atoms with van der Waals surface area (Å²) in [6, 6.07) is 4.17. The molecule has 1 N–H and O–H groups in total. The van der Waals surface area contributed by atoms with Gasteiger partial charge in [0.15, 0.2) is 0 Å². The first-order chi connectivity index (χ1) is 7.78. The number of hydrogen-bond acceptors (Lipinski definition) is 3. The molecule has 1 aromatic rings. The fourth-order valence-corrected chi connectivity index (χ4v) is 1.92. The average Bonchev–Trinajstić information content (AvgIpc) is 2.94. The highest BCUT2D eigenvalue weighted by molar-refractivity contribution is 5.07. The molecule has 3 heteroatoms. The summed E-state index contributed by atoms with van der Waals surface area (Å²) in [6.07, 6.45) is 2.82. The van der Waals surface area contributed by atoms with Crippen LogP contribution in [0, 0.1) is 5.92 Å². The van der Waals surface area contributed by atoms with Gasteiger partial charge in [-0.2, -0.15) is 0 Å². The minimum absolute atomic E-state index is 0.836. The number of nitrogens with one attached hydrogen (secondary N) is 1. The van der Waals surface area contributed by atoms with Crippen molar-refractivity contribution in [3.05, 3.63) is 23.7 Å². The van der Waals surface area contributed by atoms with Crippen molar-refractivity contribution in [2.24, 2.45) is 5.92 Å². The third-order valence-electron chi connectivity index (χ3n) is 2.96. The molecule has 0 spiro atoms. The maximum Gasteiger partial charge on any atom is 0.118 e. The van der Waals surface area contributed by atoms with E-state index in [4.69, 9.17) is 4.42 Å². The predicted molar refractivity (Wildman–Crippen MR) is 65.1 cm³/mol. The van der Waals surface area contributed by atoms with Crippen molar-refractivity contribution in [1.82, 2.24) is 10.2 Å². The molecule has 0 aromatic carbocycles. The molecule has 0 unspecified atom stereocenters. The van der Waals surface area contributed by atoms with Crippen LogP contribution in [-0.2, 0) is 13.1 Å². The van der Waals surface area contributed by atoms with E-state index in [9.17, 15) is 0 Å². The molecule has 2 rings (SSSR count). The van der Waals surface area contributed by atoms with E-state index >= 15 is 0 Å². The second-order valence-electron chi connectivity index (χ2n) is 4.79. The monoisotopic (exact) mass is 222 g/mol. The Morgan fingerprint density at radius 1 is 1.38 bits per heavy atom. The van der Waals surface area contributed by atoms with Crippen LogP contribution in [0.25, 0.3) is 0 Å². The van der Waals surface area contributed by atoms with Crippen LogP contribution in [0.3, 0.4) is 0 Å². The van der Waals surface area contributed by atoms with Gasteiger partial charge in [0.1, 0.15) is 11.5 Å². The standard InChI is InChI=1S/C13H22N2O/c1-3-14-8-12-6-7-13(16-12)10-15(2)9-11-4-5-11/h6-7,11,14H,3-5,8-10H2,1-2H3. The molecule has 0 aliphatic heterocycles. The Kier molecular flexibility index (Phi) is 4.02. The van der Waals surface area contributed by atoms with Crippen molar-refractivity contribution < 1.29 is 4.42 Å². The molecule has 0 bridgehead atoms. The molecule has 1 fully saturated rings. The highest BCUT2D eigenvalue weighted by atomic mass is 16.3. The van der Waals surface area contributed by atoms with Crippen molar-refractivity contribution in [3.8, 4) is 0 Å². The Labute approximate surface area is 97.8 Å². The zero-order valence-corrected chi connectivity index (χ0v) is 10.3. The summed E-state index contributed by atoms with van der Waals surface area (Å²) in [7, 11) is 2.17. The van der Waals surface area contributed by atoms with Crippen LogP contribution in [0.2, 0.25) is 0 Å². The highest BCUT2D eigenvalue weighted by Gasteiger charge is 2.22. The molecule has 3 nitrogen and oxygen atoms in total. The first-order valence-electron chi connectivity index (χ1n) is 6.24. The van der Waals surface area contributed by atoms with Gasteiger partial charge in [-0.05, 0) is 44.5 Å². The normalized spacial score (nSPS) is 15.9. The first-order valence-corrected chi connectivity index (χ1v) is 6.24. The van der Waals surface area contributed by atoms with Crippen LogP contribution in [0.4, 0.5) is 0 Å². The zero-order valence-electron chi connectivity index (χ0n) is 10.3. The molecule has 1 aliphatic rings. The number of rotatable bonds is 7. The number of furan rings is 1. The van der Waals surface area contributed by atoms with E-state index < -0.39 is 0 Å². The second-order valence-corrected chi connectivity index (χ2v) is 4.79. The summed E-state index contributed by atoms with van der Waals surface area (Å²) in [6.45, 7) is 6.07. The minimum atomic E-state index is 0.836. The lowest BCUT2D eigenvalue weighted by Gasteiger charge is -2.13. The maximum absolute atomic E-state index is 5.75. The van der Waals surface area contributed by atoms with E-state index in [0.29, 0.717) is 0 Å². The molecule has 16 heavy (non-hydrogen) atoms. The van der Waals surface area contributed by atoms with Gasteiger partial charge in [-0.25, -0.2) is 0 Å². The van der Waals surface area contributed by atoms with E-state index in [1.807, 2.05) is 0 Å². The van der Waals surface area contributed by atoms with Crippen molar-refractivity contribution in [2.75, 3.05) is 20.1 Å². The molecule has 90 valence electrons. The van der Waals surface area contributed by atoms with Gasteiger partial charge in [-0.15, -0.1) is 0 Å². The Balaban J connectivity index is 1.76. The minimum Gasteiger partial charge on any atom is -0.463 e. The summed E-state index contributed by atoms with van der Waals surface area (Å²) in [5, 5.41) is 3.27. The quantitative estimate of drug-likeness (QED) is 0.767. The molecule has 0 radical (unpaired) electrons. The van der Waals surface area contributed by atoms with Crippen LogP contribution in [0.1, 0.15) is 31.3 Å². The van der Waals surface area contributed by atoms with Gasteiger partial charge in [0.2, 0.25) is 0 Å². The van der Waals surface area contributed by atoms with Gasteiger partial charge >= 0.3 is 0 Å². The smallest absolute Gasteiger partial charge is 0.118 e. The highest BCUT2D eigenvalue weighted by Crippen LogP contribution is 2.29. The largest absolute Gasteiger partial charge is 0.463 e. The van der Waals surface area contributed by atoms with Gasteiger partial charge in [0.25, 0.3) is 0 Å². The topological polar surface area (TPSA) is 28.4 Å². The van der Waals surface area contributed by atoms with E-state index in [1.165, 1.54) is 19.4 Å². The molecule has 1 heterocycles. The molecule has 1 aliphatic carbocycles. The maximum atomic E-state index is 5.75. The fraction of sp³-hybridized carbons (Fsp3) is 0.692. The fourth-order valence-electron chi connectivity index (χ4n) is 1.92.